The van der Waals surface area contributed by atoms with Crippen molar-refractivity contribution in [1.82, 2.24) is 5.32 Å². The topological polar surface area (TPSA) is 58.3 Å². The van der Waals surface area contributed by atoms with Gasteiger partial charge in [0.05, 0.1) is 6.10 Å². The Morgan fingerprint density at radius 1 is 1.25 bits per heavy atom. The molecule has 0 aromatic rings. The molecule has 6 unspecified atom stereocenters. The van der Waals surface area contributed by atoms with E-state index in [1.165, 1.54) is 12.8 Å². The summed E-state index contributed by atoms with van der Waals surface area (Å²) in [6, 6.07) is 0.485. The standard InChI is InChI=1S/C13H26N2O/c1-3-15-13-10(16)7-6-9-5-4-8(2)12(14)11(9)13/h8-13,15-16H,3-7,14H2,1-2H3. The van der Waals surface area contributed by atoms with Crippen LogP contribution in [0, 0.1) is 17.8 Å². The fraction of sp³-hybridized carbons (Fsp3) is 1.00. The van der Waals surface area contributed by atoms with Gasteiger partial charge in [0.1, 0.15) is 0 Å². The van der Waals surface area contributed by atoms with Crippen LogP contribution in [0.4, 0.5) is 0 Å². The SMILES string of the molecule is CCNC1C(O)CCC2CCC(C)C(N)C21. The first-order chi connectivity index (χ1) is 7.65. The van der Waals surface area contributed by atoms with E-state index in [0.717, 1.165) is 25.3 Å². The number of nitrogens with one attached hydrogen (secondary N) is 1. The molecule has 2 aliphatic rings. The summed E-state index contributed by atoms with van der Waals surface area (Å²) in [4.78, 5) is 0. The highest BCUT2D eigenvalue weighted by Gasteiger charge is 2.45. The van der Waals surface area contributed by atoms with Gasteiger partial charge in [-0.2, -0.15) is 0 Å². The molecule has 16 heavy (non-hydrogen) atoms. The van der Waals surface area contributed by atoms with Gasteiger partial charge < -0.3 is 16.2 Å². The van der Waals surface area contributed by atoms with Gasteiger partial charge in [-0.15, -0.1) is 0 Å². The summed E-state index contributed by atoms with van der Waals surface area (Å²) in [5, 5.41) is 13.6. The van der Waals surface area contributed by atoms with Gasteiger partial charge in [-0.25, -0.2) is 0 Å². The zero-order chi connectivity index (χ0) is 11.7. The van der Waals surface area contributed by atoms with Crippen LogP contribution in [0.1, 0.15) is 39.5 Å². The molecule has 0 radical (unpaired) electrons. The Labute approximate surface area is 98.8 Å². The van der Waals surface area contributed by atoms with E-state index in [1.807, 2.05) is 0 Å². The van der Waals surface area contributed by atoms with Crippen molar-refractivity contribution in [1.29, 1.82) is 0 Å². The molecule has 0 saturated heterocycles. The third-order valence-corrected chi connectivity index (χ3v) is 4.74. The van der Waals surface area contributed by atoms with Crippen molar-refractivity contribution < 1.29 is 5.11 Å². The van der Waals surface area contributed by atoms with Gasteiger partial charge >= 0.3 is 0 Å². The number of fused-ring (bicyclic) bond motifs is 1. The van der Waals surface area contributed by atoms with E-state index in [0.29, 0.717) is 11.8 Å². The second-order valence-electron chi connectivity index (χ2n) is 5.70. The minimum absolute atomic E-state index is 0.197. The first-order valence-corrected chi connectivity index (χ1v) is 6.82. The summed E-state index contributed by atoms with van der Waals surface area (Å²) in [6.07, 6.45) is 4.47. The second kappa shape index (κ2) is 5.03. The predicted molar refractivity (Wildman–Crippen MR) is 66.1 cm³/mol. The first-order valence-electron chi connectivity index (χ1n) is 6.82. The Morgan fingerprint density at radius 3 is 2.62 bits per heavy atom. The van der Waals surface area contributed by atoms with Crippen molar-refractivity contribution in [2.45, 2.75) is 57.7 Å². The quantitative estimate of drug-likeness (QED) is 0.661. The highest BCUT2D eigenvalue weighted by Crippen LogP contribution is 2.42. The molecule has 6 atom stereocenters. The molecular weight excluding hydrogens is 200 g/mol. The number of aliphatic hydroxyl groups is 1. The Morgan fingerprint density at radius 2 is 1.94 bits per heavy atom. The highest BCUT2D eigenvalue weighted by atomic mass is 16.3. The lowest BCUT2D eigenvalue weighted by Gasteiger charge is -2.49. The fourth-order valence-corrected chi connectivity index (χ4v) is 3.75. The van der Waals surface area contributed by atoms with Gasteiger partial charge in [0.25, 0.3) is 0 Å². The van der Waals surface area contributed by atoms with Crippen LogP contribution in [0.15, 0.2) is 0 Å². The largest absolute Gasteiger partial charge is 0.391 e. The number of hydrogen-bond donors (Lipinski definition) is 3. The van der Waals surface area contributed by atoms with Gasteiger partial charge in [0.15, 0.2) is 0 Å². The average molecular weight is 226 g/mol. The molecule has 2 saturated carbocycles. The zero-order valence-electron chi connectivity index (χ0n) is 10.5. The van der Waals surface area contributed by atoms with Crippen LogP contribution in [-0.4, -0.2) is 29.8 Å². The minimum Gasteiger partial charge on any atom is -0.391 e. The maximum atomic E-state index is 10.1. The van der Waals surface area contributed by atoms with E-state index in [4.69, 9.17) is 5.73 Å². The maximum absolute atomic E-state index is 10.1. The number of nitrogens with two attached hydrogens (primary N) is 1. The van der Waals surface area contributed by atoms with Crippen molar-refractivity contribution in [2.75, 3.05) is 6.54 Å². The lowest BCUT2D eigenvalue weighted by Crippen LogP contribution is -2.60. The van der Waals surface area contributed by atoms with E-state index in [9.17, 15) is 5.11 Å². The molecule has 0 heterocycles. The van der Waals surface area contributed by atoms with Gasteiger partial charge in [0, 0.05) is 12.1 Å². The van der Waals surface area contributed by atoms with Crippen molar-refractivity contribution in [2.24, 2.45) is 23.5 Å². The Kier molecular flexibility index (Phi) is 3.88. The molecule has 2 aliphatic carbocycles. The zero-order valence-corrected chi connectivity index (χ0v) is 10.5. The van der Waals surface area contributed by atoms with E-state index >= 15 is 0 Å². The summed E-state index contributed by atoms with van der Waals surface area (Å²) in [5.41, 5.74) is 6.36. The average Bonchev–Trinajstić information content (AvgIpc) is 2.27. The fourth-order valence-electron chi connectivity index (χ4n) is 3.75. The van der Waals surface area contributed by atoms with E-state index in [-0.39, 0.29) is 18.2 Å². The number of aliphatic hydroxyl groups excluding tert-OH is 1. The normalized spacial score (nSPS) is 48.8. The van der Waals surface area contributed by atoms with E-state index < -0.39 is 0 Å². The molecule has 0 aliphatic heterocycles. The van der Waals surface area contributed by atoms with Gasteiger partial charge in [-0.1, -0.05) is 13.8 Å². The van der Waals surface area contributed by atoms with Crippen molar-refractivity contribution in [3.8, 4) is 0 Å². The van der Waals surface area contributed by atoms with Gasteiger partial charge in [-0.05, 0) is 50.0 Å². The minimum atomic E-state index is -0.197. The third-order valence-electron chi connectivity index (χ3n) is 4.74. The molecule has 2 rings (SSSR count). The molecule has 3 heteroatoms. The first kappa shape index (κ1) is 12.3. The molecule has 0 aromatic heterocycles. The van der Waals surface area contributed by atoms with E-state index in [1.54, 1.807) is 0 Å². The molecule has 0 spiro atoms. The smallest absolute Gasteiger partial charge is 0.0696 e. The maximum Gasteiger partial charge on any atom is 0.0696 e. The molecule has 0 aromatic carbocycles. The molecule has 0 amide bonds. The molecule has 3 nitrogen and oxygen atoms in total. The molecule has 0 bridgehead atoms. The van der Waals surface area contributed by atoms with E-state index in [2.05, 4.69) is 19.2 Å². The van der Waals surface area contributed by atoms with Crippen LogP contribution < -0.4 is 11.1 Å². The number of likely N-dealkylation sites (N-methyl/N-ethyl adjacent to an activating group) is 1. The van der Waals surface area contributed by atoms with Crippen LogP contribution in [0.25, 0.3) is 0 Å². The molecule has 94 valence electrons. The Hall–Kier alpha value is -0.120. The lowest BCUT2D eigenvalue weighted by atomic mass is 9.62. The van der Waals surface area contributed by atoms with Gasteiger partial charge in [-0.3, -0.25) is 0 Å². The third kappa shape index (κ3) is 2.13. The Balaban J connectivity index is 2.13. The van der Waals surface area contributed by atoms with Crippen LogP contribution in [-0.2, 0) is 0 Å². The van der Waals surface area contributed by atoms with Crippen molar-refractivity contribution in [3.63, 3.8) is 0 Å². The summed E-state index contributed by atoms with van der Waals surface area (Å²) in [7, 11) is 0. The predicted octanol–water partition coefficient (Wildman–Crippen LogP) is 1.11. The summed E-state index contributed by atoms with van der Waals surface area (Å²) in [6.45, 7) is 5.28. The summed E-state index contributed by atoms with van der Waals surface area (Å²) in [5.74, 6) is 1.82. The number of hydrogen-bond acceptors (Lipinski definition) is 3. The van der Waals surface area contributed by atoms with Crippen LogP contribution in [0.2, 0.25) is 0 Å². The Bertz CT molecular complexity index is 230. The lowest BCUT2D eigenvalue weighted by molar-refractivity contribution is -0.0104. The molecule has 4 N–H and O–H groups in total. The van der Waals surface area contributed by atoms with Crippen LogP contribution in [0.5, 0.6) is 0 Å². The van der Waals surface area contributed by atoms with Crippen LogP contribution in [0.3, 0.4) is 0 Å². The molecular formula is C13H26N2O. The van der Waals surface area contributed by atoms with Crippen molar-refractivity contribution >= 4 is 0 Å². The number of rotatable bonds is 2. The van der Waals surface area contributed by atoms with Crippen molar-refractivity contribution in [3.05, 3.63) is 0 Å². The summed E-state index contributed by atoms with van der Waals surface area (Å²) < 4.78 is 0. The molecule has 2 fully saturated rings. The van der Waals surface area contributed by atoms with Gasteiger partial charge in [0.2, 0.25) is 0 Å². The monoisotopic (exact) mass is 226 g/mol. The highest BCUT2D eigenvalue weighted by molar-refractivity contribution is 5.00. The van der Waals surface area contributed by atoms with Crippen LogP contribution >= 0.6 is 0 Å². The summed E-state index contributed by atoms with van der Waals surface area (Å²) >= 11 is 0. The second-order valence-corrected chi connectivity index (χ2v) is 5.70.